The summed E-state index contributed by atoms with van der Waals surface area (Å²) in [4.78, 5) is 2.30. The number of benzene rings is 10. The lowest BCUT2D eigenvalue weighted by Gasteiger charge is -2.33. The van der Waals surface area contributed by atoms with E-state index in [0.717, 1.165) is 123 Å². The van der Waals surface area contributed by atoms with Crippen molar-refractivity contribution in [3.8, 4) is 67.1 Å². The number of fused-ring (bicyclic) bond motifs is 8. The Morgan fingerprint density at radius 3 is 1.02 bits per heavy atom. The molecule has 2 aromatic heterocycles. The SMILES string of the molecule is c1ccc(-c2ccc(N3c4ccc(-c5cccc6c5oc5c(-c7ccccc7)cccc56)cc4Oc4cc(-c5cccc6c5oc5c(-c7ccccc7)cccc56)ccc43)cc2)cc1. The molecule has 10 aromatic carbocycles. The molecule has 4 nitrogen and oxygen atoms in total. The first-order valence-electron chi connectivity index (χ1n) is 21.7. The molecule has 4 heteroatoms. The molecule has 64 heavy (non-hydrogen) atoms. The van der Waals surface area contributed by atoms with E-state index in [0.29, 0.717) is 0 Å². The van der Waals surface area contributed by atoms with E-state index in [1.165, 1.54) is 5.56 Å². The highest BCUT2D eigenvalue weighted by Gasteiger charge is 2.28. The Morgan fingerprint density at radius 2 is 0.609 bits per heavy atom. The van der Waals surface area contributed by atoms with Gasteiger partial charge in [0.05, 0.1) is 11.4 Å². The molecule has 12 aromatic rings. The van der Waals surface area contributed by atoms with E-state index in [9.17, 15) is 0 Å². The zero-order chi connectivity index (χ0) is 42.1. The normalized spacial score (nSPS) is 12.2. The summed E-state index contributed by atoms with van der Waals surface area (Å²) in [5.41, 5.74) is 17.2. The zero-order valence-electron chi connectivity index (χ0n) is 34.5. The second kappa shape index (κ2) is 14.5. The summed E-state index contributed by atoms with van der Waals surface area (Å²) in [6.45, 7) is 0. The molecule has 0 aliphatic carbocycles. The maximum atomic E-state index is 7.04. The average molecular weight is 820 g/mol. The van der Waals surface area contributed by atoms with Crippen molar-refractivity contribution in [2.24, 2.45) is 0 Å². The van der Waals surface area contributed by atoms with Crippen molar-refractivity contribution in [1.82, 2.24) is 0 Å². The van der Waals surface area contributed by atoms with Crippen molar-refractivity contribution in [1.29, 1.82) is 0 Å². The number of anilines is 3. The van der Waals surface area contributed by atoms with Gasteiger partial charge in [0.1, 0.15) is 22.3 Å². The monoisotopic (exact) mass is 819 g/mol. The van der Waals surface area contributed by atoms with Gasteiger partial charge in [-0.05, 0) is 69.8 Å². The van der Waals surface area contributed by atoms with Gasteiger partial charge in [-0.2, -0.15) is 0 Å². The predicted molar refractivity (Wildman–Crippen MR) is 263 cm³/mol. The van der Waals surface area contributed by atoms with E-state index >= 15 is 0 Å². The van der Waals surface area contributed by atoms with Gasteiger partial charge in [-0.1, -0.05) is 188 Å². The molecule has 13 rings (SSSR count). The Kier molecular flexibility index (Phi) is 8.18. The molecule has 0 saturated heterocycles. The summed E-state index contributed by atoms with van der Waals surface area (Å²) >= 11 is 0. The fourth-order valence-electron chi connectivity index (χ4n) is 9.64. The molecule has 0 bridgehead atoms. The third-order valence-electron chi connectivity index (χ3n) is 12.7. The molecule has 3 heterocycles. The lowest BCUT2D eigenvalue weighted by Crippen LogP contribution is -2.16. The van der Waals surface area contributed by atoms with Crippen molar-refractivity contribution >= 4 is 60.9 Å². The first-order valence-corrected chi connectivity index (χ1v) is 21.7. The Bertz CT molecular complexity index is 3530. The van der Waals surface area contributed by atoms with Crippen molar-refractivity contribution in [2.45, 2.75) is 0 Å². The first-order chi connectivity index (χ1) is 31.7. The number of hydrogen-bond donors (Lipinski definition) is 0. The van der Waals surface area contributed by atoms with Crippen LogP contribution >= 0.6 is 0 Å². The Balaban J connectivity index is 0.958. The van der Waals surface area contributed by atoms with Gasteiger partial charge in [0.2, 0.25) is 0 Å². The molecule has 1 aliphatic heterocycles. The molecule has 0 spiro atoms. The zero-order valence-corrected chi connectivity index (χ0v) is 34.5. The topological polar surface area (TPSA) is 38.8 Å². The van der Waals surface area contributed by atoms with Crippen LogP contribution in [-0.2, 0) is 0 Å². The fourth-order valence-corrected chi connectivity index (χ4v) is 9.64. The van der Waals surface area contributed by atoms with Crippen LogP contribution in [0.5, 0.6) is 11.5 Å². The minimum atomic E-state index is 0.752. The largest absolute Gasteiger partial charge is 0.455 e. The van der Waals surface area contributed by atoms with Crippen molar-refractivity contribution in [3.63, 3.8) is 0 Å². The fraction of sp³-hybridized carbons (Fsp3) is 0. The quantitative estimate of drug-likeness (QED) is 0.167. The van der Waals surface area contributed by atoms with Crippen LogP contribution in [0.4, 0.5) is 17.1 Å². The van der Waals surface area contributed by atoms with Crippen LogP contribution in [0.1, 0.15) is 0 Å². The molecule has 0 unspecified atom stereocenters. The number of hydrogen-bond acceptors (Lipinski definition) is 4. The highest BCUT2D eigenvalue weighted by Crippen LogP contribution is 2.53. The van der Waals surface area contributed by atoms with Gasteiger partial charge in [-0.3, -0.25) is 0 Å². The average Bonchev–Trinajstić information content (AvgIpc) is 3.95. The molecular formula is C60H37NO3. The van der Waals surface area contributed by atoms with Crippen LogP contribution in [0.15, 0.2) is 233 Å². The summed E-state index contributed by atoms with van der Waals surface area (Å²) in [5, 5.41) is 4.34. The van der Waals surface area contributed by atoms with E-state index in [-0.39, 0.29) is 0 Å². The van der Waals surface area contributed by atoms with E-state index in [4.69, 9.17) is 13.6 Å². The number of ether oxygens (including phenoxy) is 1. The lowest BCUT2D eigenvalue weighted by atomic mass is 9.98. The van der Waals surface area contributed by atoms with E-state index < -0.39 is 0 Å². The van der Waals surface area contributed by atoms with Gasteiger partial charge in [-0.15, -0.1) is 0 Å². The van der Waals surface area contributed by atoms with Crippen LogP contribution in [0.3, 0.4) is 0 Å². The van der Waals surface area contributed by atoms with Gasteiger partial charge < -0.3 is 18.5 Å². The lowest BCUT2D eigenvalue weighted by molar-refractivity contribution is 0.477. The Hall–Kier alpha value is -8.60. The van der Waals surface area contributed by atoms with Crippen molar-refractivity contribution < 1.29 is 13.6 Å². The molecule has 0 saturated carbocycles. The van der Waals surface area contributed by atoms with Crippen LogP contribution in [0.2, 0.25) is 0 Å². The second-order valence-electron chi connectivity index (χ2n) is 16.4. The Labute approximate surface area is 369 Å². The number of nitrogens with zero attached hydrogens (tertiary/aromatic N) is 1. The third kappa shape index (κ3) is 5.77. The molecule has 0 radical (unpaired) electrons. The van der Waals surface area contributed by atoms with E-state index in [1.807, 2.05) is 12.1 Å². The Morgan fingerprint density at radius 1 is 0.266 bits per heavy atom. The van der Waals surface area contributed by atoms with Gasteiger partial charge >= 0.3 is 0 Å². The maximum Gasteiger partial charge on any atom is 0.152 e. The summed E-state index contributed by atoms with van der Waals surface area (Å²) < 4.78 is 20.8. The molecule has 0 N–H and O–H groups in total. The summed E-state index contributed by atoms with van der Waals surface area (Å²) in [5.74, 6) is 1.50. The maximum absolute atomic E-state index is 7.04. The van der Waals surface area contributed by atoms with E-state index in [1.54, 1.807) is 0 Å². The smallest absolute Gasteiger partial charge is 0.152 e. The number of furan rings is 2. The number of rotatable bonds is 6. The summed E-state index contributed by atoms with van der Waals surface area (Å²) in [6, 6.07) is 78.8. The van der Waals surface area contributed by atoms with Crippen molar-refractivity contribution in [2.75, 3.05) is 4.90 Å². The number of para-hydroxylation sites is 4. The highest BCUT2D eigenvalue weighted by atomic mass is 16.5. The van der Waals surface area contributed by atoms with Crippen LogP contribution in [0.25, 0.3) is 99.5 Å². The minimum Gasteiger partial charge on any atom is -0.455 e. The minimum absolute atomic E-state index is 0.752. The van der Waals surface area contributed by atoms with Gasteiger partial charge in [-0.25, -0.2) is 0 Å². The third-order valence-corrected chi connectivity index (χ3v) is 12.7. The van der Waals surface area contributed by atoms with Gasteiger partial charge in [0.25, 0.3) is 0 Å². The summed E-state index contributed by atoms with van der Waals surface area (Å²) in [6.07, 6.45) is 0. The van der Waals surface area contributed by atoms with Gasteiger partial charge in [0, 0.05) is 49.5 Å². The van der Waals surface area contributed by atoms with Crippen molar-refractivity contribution in [3.05, 3.63) is 224 Å². The summed E-state index contributed by atoms with van der Waals surface area (Å²) in [7, 11) is 0. The molecule has 0 amide bonds. The molecule has 0 atom stereocenters. The molecule has 0 fully saturated rings. The highest BCUT2D eigenvalue weighted by molar-refractivity contribution is 6.14. The molecular weight excluding hydrogens is 783 g/mol. The second-order valence-corrected chi connectivity index (χ2v) is 16.4. The van der Waals surface area contributed by atoms with Crippen LogP contribution in [-0.4, -0.2) is 0 Å². The first kappa shape index (κ1) is 36.1. The van der Waals surface area contributed by atoms with Crippen LogP contribution in [0, 0.1) is 0 Å². The predicted octanol–water partition coefficient (Wildman–Crippen LogP) is 17.4. The standard InChI is InChI=1S/C60H37NO3/c1-4-14-38(15-5-1)39-28-32-44(33-29-39)61-53-34-30-42(47-22-12-26-51-49-24-10-20-45(57(49)63-59(47)51)40-16-6-2-7-17-40)36-55(53)62-56-37-43(31-35-54(56)61)48-23-13-27-52-50-25-11-21-46(58(50)64-60(48)52)41-18-8-3-9-19-41/h1-37H. The molecule has 300 valence electrons. The molecule has 1 aliphatic rings. The van der Waals surface area contributed by atoms with Gasteiger partial charge in [0.15, 0.2) is 11.5 Å². The van der Waals surface area contributed by atoms with E-state index in [2.05, 4.69) is 217 Å². The van der Waals surface area contributed by atoms with Crippen LogP contribution < -0.4 is 9.64 Å².